The lowest BCUT2D eigenvalue weighted by Crippen LogP contribution is -1.96. The molecular formula is C10H10BrF2N. The Balaban J connectivity index is 3.32. The van der Waals surface area contributed by atoms with Gasteiger partial charge in [-0.25, -0.2) is 8.78 Å². The van der Waals surface area contributed by atoms with Crippen LogP contribution in [0, 0.1) is 18.6 Å². The van der Waals surface area contributed by atoms with Crippen LogP contribution in [0.4, 0.5) is 8.78 Å². The van der Waals surface area contributed by atoms with E-state index >= 15 is 0 Å². The summed E-state index contributed by atoms with van der Waals surface area (Å²) in [5.74, 6) is -1.15. The Morgan fingerprint density at radius 3 is 2.64 bits per heavy atom. The minimum Gasteiger partial charge on any atom is -0.327 e. The van der Waals surface area contributed by atoms with E-state index in [1.807, 2.05) is 0 Å². The highest BCUT2D eigenvalue weighted by Crippen LogP contribution is 2.25. The number of aryl methyl sites for hydroxylation is 1. The Morgan fingerprint density at radius 1 is 1.43 bits per heavy atom. The van der Waals surface area contributed by atoms with E-state index in [1.54, 1.807) is 6.92 Å². The molecule has 0 aliphatic carbocycles. The lowest BCUT2D eigenvalue weighted by Gasteiger charge is -2.04. The molecule has 76 valence electrons. The summed E-state index contributed by atoms with van der Waals surface area (Å²) in [7, 11) is 0. The van der Waals surface area contributed by atoms with Crippen molar-refractivity contribution in [1.82, 2.24) is 0 Å². The number of benzene rings is 1. The second-order valence-corrected chi connectivity index (χ2v) is 3.71. The van der Waals surface area contributed by atoms with Crippen molar-refractivity contribution >= 4 is 22.0 Å². The van der Waals surface area contributed by atoms with Gasteiger partial charge >= 0.3 is 0 Å². The average Bonchev–Trinajstić information content (AvgIpc) is 2.15. The van der Waals surface area contributed by atoms with Gasteiger partial charge in [0.2, 0.25) is 0 Å². The van der Waals surface area contributed by atoms with Gasteiger partial charge in [-0.2, -0.15) is 0 Å². The SMILES string of the molecule is Cc1cc(Br)c(F)c(/C=C/CN)c1F. The van der Waals surface area contributed by atoms with Crippen LogP contribution in [0.25, 0.3) is 6.08 Å². The number of rotatable bonds is 2. The normalized spacial score (nSPS) is 11.2. The van der Waals surface area contributed by atoms with Crippen molar-refractivity contribution in [2.45, 2.75) is 6.92 Å². The molecule has 0 fully saturated rings. The number of halogens is 3. The van der Waals surface area contributed by atoms with Gasteiger partial charge < -0.3 is 5.73 Å². The second-order valence-electron chi connectivity index (χ2n) is 2.85. The maximum absolute atomic E-state index is 13.4. The molecule has 14 heavy (non-hydrogen) atoms. The first-order valence-corrected chi connectivity index (χ1v) is 4.88. The molecule has 1 nitrogen and oxygen atoms in total. The van der Waals surface area contributed by atoms with Gasteiger partial charge in [0.05, 0.1) is 4.47 Å². The smallest absolute Gasteiger partial charge is 0.147 e. The van der Waals surface area contributed by atoms with Crippen molar-refractivity contribution in [2.24, 2.45) is 5.73 Å². The van der Waals surface area contributed by atoms with Crippen molar-refractivity contribution in [1.29, 1.82) is 0 Å². The van der Waals surface area contributed by atoms with Crippen LogP contribution in [-0.4, -0.2) is 6.54 Å². The summed E-state index contributed by atoms with van der Waals surface area (Å²) in [5, 5.41) is 0. The van der Waals surface area contributed by atoms with Crippen LogP contribution in [0.2, 0.25) is 0 Å². The van der Waals surface area contributed by atoms with Crippen LogP contribution in [0.3, 0.4) is 0 Å². The lowest BCUT2D eigenvalue weighted by atomic mass is 10.1. The van der Waals surface area contributed by atoms with Crippen molar-refractivity contribution in [3.8, 4) is 0 Å². The minimum absolute atomic E-state index is 0.0534. The molecule has 2 N–H and O–H groups in total. The van der Waals surface area contributed by atoms with Gasteiger partial charge in [-0.15, -0.1) is 0 Å². The summed E-state index contributed by atoms with van der Waals surface area (Å²) in [6.45, 7) is 1.84. The van der Waals surface area contributed by atoms with Crippen molar-refractivity contribution in [3.05, 3.63) is 39.4 Å². The molecule has 4 heteroatoms. The standard InChI is InChI=1S/C10H10BrF2N/c1-6-5-8(11)10(13)7(9(6)12)3-2-4-14/h2-3,5H,4,14H2,1H3/b3-2+. The summed E-state index contributed by atoms with van der Waals surface area (Å²) in [6.07, 6.45) is 2.86. The van der Waals surface area contributed by atoms with Crippen LogP contribution in [0.5, 0.6) is 0 Å². The third-order valence-corrected chi connectivity index (χ3v) is 2.37. The lowest BCUT2D eigenvalue weighted by molar-refractivity contribution is 0.568. The number of hydrogen-bond donors (Lipinski definition) is 1. The molecule has 0 radical (unpaired) electrons. The fraction of sp³-hybridized carbons (Fsp3) is 0.200. The van der Waals surface area contributed by atoms with Crippen LogP contribution in [-0.2, 0) is 0 Å². The molecule has 0 aliphatic rings. The molecule has 0 aromatic heterocycles. The van der Waals surface area contributed by atoms with Gasteiger partial charge in [-0.05, 0) is 34.5 Å². The van der Waals surface area contributed by atoms with Gasteiger partial charge in [0.1, 0.15) is 11.6 Å². The Bertz CT molecular complexity index is 349. The minimum atomic E-state index is -0.599. The second kappa shape index (κ2) is 4.66. The van der Waals surface area contributed by atoms with Crippen LogP contribution >= 0.6 is 15.9 Å². The fourth-order valence-corrected chi connectivity index (χ4v) is 1.64. The zero-order valence-corrected chi connectivity index (χ0v) is 9.24. The summed E-state index contributed by atoms with van der Waals surface area (Å²) in [5.41, 5.74) is 5.55. The molecule has 0 saturated carbocycles. The first kappa shape index (κ1) is 11.3. The van der Waals surface area contributed by atoms with Crippen LogP contribution in [0.1, 0.15) is 11.1 Å². The quantitative estimate of drug-likeness (QED) is 0.814. The Morgan fingerprint density at radius 2 is 2.07 bits per heavy atom. The summed E-state index contributed by atoms with van der Waals surface area (Å²) in [4.78, 5) is 0. The van der Waals surface area contributed by atoms with E-state index in [9.17, 15) is 8.78 Å². The van der Waals surface area contributed by atoms with E-state index in [0.717, 1.165) is 0 Å². The van der Waals surface area contributed by atoms with Crippen LogP contribution in [0.15, 0.2) is 16.6 Å². The highest BCUT2D eigenvalue weighted by molar-refractivity contribution is 9.10. The van der Waals surface area contributed by atoms with E-state index in [2.05, 4.69) is 15.9 Å². The average molecular weight is 262 g/mol. The number of hydrogen-bond acceptors (Lipinski definition) is 1. The fourth-order valence-electron chi connectivity index (χ4n) is 1.09. The third kappa shape index (κ3) is 2.19. The third-order valence-electron chi connectivity index (χ3n) is 1.79. The van der Waals surface area contributed by atoms with Gasteiger partial charge in [-0.3, -0.25) is 0 Å². The first-order valence-electron chi connectivity index (χ1n) is 4.08. The molecule has 0 spiro atoms. The topological polar surface area (TPSA) is 26.0 Å². The summed E-state index contributed by atoms with van der Waals surface area (Å²) in [6, 6.07) is 1.41. The molecule has 0 saturated heterocycles. The molecule has 0 atom stereocenters. The van der Waals surface area contributed by atoms with E-state index in [4.69, 9.17) is 5.73 Å². The van der Waals surface area contributed by atoms with Gasteiger partial charge in [0, 0.05) is 12.1 Å². The molecule has 0 heterocycles. The summed E-state index contributed by atoms with van der Waals surface area (Å²) >= 11 is 3.02. The maximum Gasteiger partial charge on any atom is 0.147 e. The molecule has 0 bridgehead atoms. The monoisotopic (exact) mass is 261 g/mol. The van der Waals surface area contributed by atoms with Gasteiger partial charge in [0.15, 0.2) is 0 Å². The van der Waals surface area contributed by atoms with Gasteiger partial charge in [-0.1, -0.05) is 12.2 Å². The molecular weight excluding hydrogens is 252 g/mol. The predicted octanol–water partition coefficient (Wildman–Crippen LogP) is 3.01. The molecule has 1 aromatic carbocycles. The molecule has 0 aliphatic heterocycles. The van der Waals surface area contributed by atoms with Crippen LogP contribution < -0.4 is 5.73 Å². The Hall–Kier alpha value is -0.740. The Labute approximate surface area is 89.7 Å². The number of nitrogens with two attached hydrogens (primary N) is 1. The molecule has 0 unspecified atom stereocenters. The molecule has 1 aromatic rings. The van der Waals surface area contributed by atoms with E-state index in [-0.39, 0.29) is 16.6 Å². The van der Waals surface area contributed by atoms with Gasteiger partial charge in [0.25, 0.3) is 0 Å². The molecule has 1 rings (SSSR count). The van der Waals surface area contributed by atoms with Crippen molar-refractivity contribution < 1.29 is 8.78 Å². The summed E-state index contributed by atoms with van der Waals surface area (Å²) < 4.78 is 27.1. The van der Waals surface area contributed by atoms with E-state index in [1.165, 1.54) is 18.2 Å². The highest BCUT2D eigenvalue weighted by Gasteiger charge is 2.12. The zero-order chi connectivity index (χ0) is 10.7. The van der Waals surface area contributed by atoms with E-state index < -0.39 is 11.6 Å². The Kier molecular flexibility index (Phi) is 3.77. The van der Waals surface area contributed by atoms with Crippen molar-refractivity contribution in [2.75, 3.05) is 6.54 Å². The first-order chi connectivity index (χ1) is 6.57. The maximum atomic E-state index is 13.4. The predicted molar refractivity (Wildman–Crippen MR) is 56.9 cm³/mol. The largest absolute Gasteiger partial charge is 0.327 e. The van der Waals surface area contributed by atoms with E-state index in [0.29, 0.717) is 5.56 Å². The molecule has 0 amide bonds. The van der Waals surface area contributed by atoms with Crippen molar-refractivity contribution in [3.63, 3.8) is 0 Å². The zero-order valence-electron chi connectivity index (χ0n) is 7.65. The highest BCUT2D eigenvalue weighted by atomic mass is 79.9.